The first kappa shape index (κ1) is 17.2. The van der Waals surface area contributed by atoms with Crippen LogP contribution in [0.5, 0.6) is 5.75 Å². The first-order valence-corrected chi connectivity index (χ1v) is 8.24. The molecule has 0 aliphatic heterocycles. The van der Waals surface area contributed by atoms with Crippen LogP contribution in [0.1, 0.15) is 5.56 Å². The highest BCUT2D eigenvalue weighted by atomic mass is 32.2. The molecule has 0 amide bonds. The Morgan fingerprint density at radius 1 is 1.12 bits per heavy atom. The van der Waals surface area contributed by atoms with Crippen molar-refractivity contribution in [2.45, 2.75) is 12.4 Å². The van der Waals surface area contributed by atoms with Crippen molar-refractivity contribution in [2.24, 2.45) is 0 Å². The van der Waals surface area contributed by atoms with Crippen LogP contribution in [-0.2, 0) is 10.1 Å². The van der Waals surface area contributed by atoms with Crippen molar-refractivity contribution >= 4 is 21.0 Å². The summed E-state index contributed by atoms with van der Waals surface area (Å²) in [6.07, 6.45) is 1.34. The van der Waals surface area contributed by atoms with Gasteiger partial charge in [-0.25, -0.2) is 9.07 Å². The lowest BCUT2D eigenvalue weighted by molar-refractivity contribution is -0.0500. The van der Waals surface area contributed by atoms with E-state index in [0.29, 0.717) is 16.6 Å². The van der Waals surface area contributed by atoms with Crippen LogP contribution in [0.15, 0.2) is 42.6 Å². The van der Waals surface area contributed by atoms with Crippen molar-refractivity contribution in [1.82, 2.24) is 9.78 Å². The molecule has 0 saturated heterocycles. The molecule has 3 rings (SSSR count). The molecule has 1 aromatic heterocycles. The van der Waals surface area contributed by atoms with E-state index in [9.17, 15) is 26.0 Å². The maximum Gasteiger partial charge on any atom is 0.534 e. The number of fused-ring (bicyclic) bond motifs is 1. The third-order valence-electron chi connectivity index (χ3n) is 3.42. The summed E-state index contributed by atoms with van der Waals surface area (Å²) in [5.41, 5.74) is -4.32. The molecular weight excluding hydrogens is 364 g/mol. The Kier molecular flexibility index (Phi) is 3.94. The minimum Gasteiger partial charge on any atom is -0.376 e. The maximum absolute atomic E-state index is 13.0. The van der Waals surface area contributed by atoms with Crippen molar-refractivity contribution in [3.05, 3.63) is 54.0 Å². The van der Waals surface area contributed by atoms with Gasteiger partial charge in [-0.2, -0.15) is 26.7 Å². The normalized spacial score (nSPS) is 12.5. The van der Waals surface area contributed by atoms with Crippen molar-refractivity contribution < 1.29 is 30.2 Å². The Morgan fingerprint density at radius 3 is 2.36 bits per heavy atom. The minimum atomic E-state index is -5.76. The van der Waals surface area contributed by atoms with Crippen LogP contribution in [0, 0.1) is 12.7 Å². The van der Waals surface area contributed by atoms with Crippen LogP contribution in [0.2, 0.25) is 0 Å². The smallest absolute Gasteiger partial charge is 0.376 e. The first-order valence-electron chi connectivity index (χ1n) is 6.83. The van der Waals surface area contributed by atoms with Crippen molar-refractivity contribution in [2.75, 3.05) is 0 Å². The number of halogens is 4. The third kappa shape index (κ3) is 3.16. The number of aromatic nitrogens is 2. The SMILES string of the molecule is Cc1cc2c(cnn2-c2ccc(F)cc2)cc1OS(=O)(=O)C(F)(F)F. The van der Waals surface area contributed by atoms with E-state index in [2.05, 4.69) is 9.28 Å². The first-order chi connectivity index (χ1) is 11.6. The summed E-state index contributed by atoms with van der Waals surface area (Å²) >= 11 is 0. The quantitative estimate of drug-likeness (QED) is 0.398. The molecule has 0 N–H and O–H groups in total. The second-order valence-corrected chi connectivity index (χ2v) is 6.73. The van der Waals surface area contributed by atoms with E-state index in [0.717, 1.165) is 6.07 Å². The van der Waals surface area contributed by atoms with Crippen molar-refractivity contribution in [3.8, 4) is 11.4 Å². The third-order valence-corrected chi connectivity index (χ3v) is 4.38. The highest BCUT2D eigenvalue weighted by molar-refractivity contribution is 7.88. The second kappa shape index (κ2) is 5.73. The number of rotatable bonds is 3. The van der Waals surface area contributed by atoms with Crippen LogP contribution in [0.4, 0.5) is 17.6 Å². The summed E-state index contributed by atoms with van der Waals surface area (Å²) < 4.78 is 78.4. The Bertz CT molecular complexity index is 1040. The Hall–Kier alpha value is -2.62. The molecule has 132 valence electrons. The van der Waals surface area contributed by atoms with Gasteiger partial charge in [-0.15, -0.1) is 0 Å². The van der Waals surface area contributed by atoms with Gasteiger partial charge in [0.1, 0.15) is 11.6 Å². The van der Waals surface area contributed by atoms with Crippen LogP contribution in [-0.4, -0.2) is 23.7 Å². The maximum atomic E-state index is 13.0. The van der Waals surface area contributed by atoms with Gasteiger partial charge < -0.3 is 4.18 Å². The van der Waals surface area contributed by atoms with Gasteiger partial charge >= 0.3 is 15.6 Å². The molecule has 0 fully saturated rings. The number of alkyl halides is 3. The van der Waals surface area contributed by atoms with Crippen molar-refractivity contribution in [3.63, 3.8) is 0 Å². The zero-order chi connectivity index (χ0) is 18.4. The van der Waals surface area contributed by atoms with E-state index in [1.54, 1.807) is 0 Å². The molecule has 1 heterocycles. The average molecular weight is 374 g/mol. The largest absolute Gasteiger partial charge is 0.534 e. The van der Waals surface area contributed by atoms with E-state index in [-0.39, 0.29) is 5.56 Å². The molecule has 0 bridgehead atoms. The molecule has 5 nitrogen and oxygen atoms in total. The number of hydrogen-bond acceptors (Lipinski definition) is 4. The second-order valence-electron chi connectivity index (χ2n) is 5.19. The predicted octanol–water partition coefficient (Wildman–Crippen LogP) is 3.70. The number of hydrogen-bond donors (Lipinski definition) is 0. The number of aryl methyl sites for hydroxylation is 1. The van der Waals surface area contributed by atoms with Crippen LogP contribution in [0.25, 0.3) is 16.6 Å². The van der Waals surface area contributed by atoms with Gasteiger partial charge in [0.25, 0.3) is 0 Å². The zero-order valence-electron chi connectivity index (χ0n) is 12.6. The van der Waals surface area contributed by atoms with Crippen LogP contribution >= 0.6 is 0 Å². The molecule has 25 heavy (non-hydrogen) atoms. The van der Waals surface area contributed by atoms with Gasteiger partial charge in [0, 0.05) is 5.39 Å². The molecular formula is C15H10F4N2O3S. The lowest BCUT2D eigenvalue weighted by Gasteiger charge is -2.12. The highest BCUT2D eigenvalue weighted by Gasteiger charge is 2.48. The summed E-state index contributed by atoms with van der Waals surface area (Å²) in [4.78, 5) is 0. The molecule has 3 aromatic rings. The molecule has 0 spiro atoms. The Labute approximate surface area is 139 Å². The standard InChI is InChI=1S/C15H10F4N2O3S/c1-9-6-13-10(7-14(9)24-25(22,23)15(17,18)19)8-20-21(13)12-4-2-11(16)3-5-12/h2-8H,1H3. The monoisotopic (exact) mass is 374 g/mol. The molecule has 0 radical (unpaired) electrons. The highest BCUT2D eigenvalue weighted by Crippen LogP contribution is 2.32. The van der Waals surface area contributed by atoms with E-state index < -0.39 is 27.2 Å². The predicted molar refractivity (Wildman–Crippen MR) is 81.4 cm³/mol. The lowest BCUT2D eigenvalue weighted by Crippen LogP contribution is -2.28. The summed E-state index contributed by atoms with van der Waals surface area (Å²) in [6.45, 7) is 1.41. The Balaban J connectivity index is 2.06. The number of nitrogens with zero attached hydrogens (tertiary/aromatic N) is 2. The van der Waals surface area contributed by atoms with E-state index in [1.165, 1.54) is 48.1 Å². The van der Waals surface area contributed by atoms with E-state index in [1.807, 2.05) is 0 Å². The molecule has 0 aliphatic rings. The topological polar surface area (TPSA) is 61.2 Å². The molecule has 0 aliphatic carbocycles. The van der Waals surface area contributed by atoms with E-state index >= 15 is 0 Å². The van der Waals surface area contributed by atoms with Gasteiger partial charge in [0.05, 0.1) is 17.4 Å². The molecule has 0 atom stereocenters. The van der Waals surface area contributed by atoms with Gasteiger partial charge in [-0.05, 0) is 48.9 Å². The lowest BCUT2D eigenvalue weighted by atomic mass is 10.1. The zero-order valence-corrected chi connectivity index (χ0v) is 13.4. The fourth-order valence-corrected chi connectivity index (χ4v) is 2.71. The summed E-state index contributed by atoms with van der Waals surface area (Å²) in [5, 5.41) is 4.45. The molecule has 0 saturated carbocycles. The fourth-order valence-electron chi connectivity index (χ4n) is 2.20. The van der Waals surface area contributed by atoms with Crippen molar-refractivity contribution in [1.29, 1.82) is 0 Å². The van der Waals surface area contributed by atoms with Crippen LogP contribution < -0.4 is 4.18 Å². The van der Waals surface area contributed by atoms with Gasteiger partial charge in [0.2, 0.25) is 0 Å². The molecule has 2 aromatic carbocycles. The van der Waals surface area contributed by atoms with E-state index in [4.69, 9.17) is 0 Å². The number of benzene rings is 2. The van der Waals surface area contributed by atoms with Gasteiger partial charge in [-0.3, -0.25) is 0 Å². The molecule has 0 unspecified atom stereocenters. The van der Waals surface area contributed by atoms with Crippen LogP contribution in [0.3, 0.4) is 0 Å². The molecule has 10 heteroatoms. The Morgan fingerprint density at radius 2 is 1.76 bits per heavy atom. The van der Waals surface area contributed by atoms with Gasteiger partial charge in [-0.1, -0.05) is 0 Å². The van der Waals surface area contributed by atoms with Gasteiger partial charge in [0.15, 0.2) is 0 Å². The summed E-state index contributed by atoms with van der Waals surface area (Å²) in [6, 6.07) is 8.03. The fraction of sp³-hybridized carbons (Fsp3) is 0.133. The average Bonchev–Trinajstić information content (AvgIpc) is 2.90. The minimum absolute atomic E-state index is 0.171. The summed E-state index contributed by atoms with van der Waals surface area (Å²) in [5.74, 6) is -0.868. The summed E-state index contributed by atoms with van der Waals surface area (Å²) in [7, 11) is -5.76.